The van der Waals surface area contributed by atoms with Crippen molar-refractivity contribution in [3.05, 3.63) is 41.2 Å². The van der Waals surface area contributed by atoms with Gasteiger partial charge in [-0.2, -0.15) is 0 Å². The zero-order valence-corrected chi connectivity index (χ0v) is 14.7. The molecule has 1 N–H and O–H groups in total. The summed E-state index contributed by atoms with van der Waals surface area (Å²) in [5, 5.41) is 15.3. The lowest BCUT2D eigenvalue weighted by molar-refractivity contribution is -0.195. The molecule has 0 saturated carbocycles. The van der Waals surface area contributed by atoms with Gasteiger partial charge in [-0.15, -0.1) is 0 Å². The lowest BCUT2D eigenvalue weighted by atomic mass is 9.73. The Morgan fingerprint density at radius 1 is 1.08 bits per heavy atom. The van der Waals surface area contributed by atoms with Gasteiger partial charge < -0.3 is 28.6 Å². The standard InChI is InChI=1S/C18H17NO7/c1-22-9-7-10-12(11(8-9)23-2)14-13-16(26-19-14)18(24-3,25-4)6-5-17(13,21)15(10)20/h5-8,21H,1-4H3/t17-/m1/s1. The number of aliphatic hydroxyl groups is 1. The van der Waals surface area contributed by atoms with E-state index in [0.29, 0.717) is 22.8 Å². The molecule has 0 saturated heterocycles. The Labute approximate surface area is 148 Å². The van der Waals surface area contributed by atoms with Gasteiger partial charge in [-0.05, 0) is 18.2 Å². The van der Waals surface area contributed by atoms with Gasteiger partial charge in [0.1, 0.15) is 17.2 Å². The van der Waals surface area contributed by atoms with Crippen LogP contribution >= 0.6 is 0 Å². The Balaban J connectivity index is 2.09. The Hall–Kier alpha value is -2.68. The van der Waals surface area contributed by atoms with Crippen LogP contribution in [0.3, 0.4) is 0 Å². The molecule has 2 aliphatic rings. The third kappa shape index (κ3) is 1.83. The maximum atomic E-state index is 13.2. The Morgan fingerprint density at radius 3 is 2.42 bits per heavy atom. The number of Topliss-reactive ketones (excluding diaryl/α,β-unsaturated/α-hetero) is 1. The molecule has 2 aliphatic carbocycles. The fourth-order valence-corrected chi connectivity index (χ4v) is 3.53. The number of methoxy groups -OCH3 is 4. The molecule has 1 heterocycles. The number of aromatic nitrogens is 1. The number of fused-ring (bicyclic) bond motifs is 2. The zero-order chi connectivity index (χ0) is 18.7. The van der Waals surface area contributed by atoms with Crippen molar-refractivity contribution in [2.45, 2.75) is 11.4 Å². The first kappa shape index (κ1) is 16.8. The van der Waals surface area contributed by atoms with Crippen molar-refractivity contribution in [1.82, 2.24) is 5.16 Å². The number of ketones is 1. The number of carbonyl (C=O) groups is 1. The van der Waals surface area contributed by atoms with E-state index in [0.717, 1.165) is 0 Å². The van der Waals surface area contributed by atoms with Crippen LogP contribution in [0.15, 0.2) is 28.8 Å². The Kier molecular flexibility index (Phi) is 3.49. The van der Waals surface area contributed by atoms with E-state index in [1.165, 1.54) is 46.7 Å². The number of hydrogen-bond acceptors (Lipinski definition) is 8. The average Bonchev–Trinajstić information content (AvgIpc) is 3.13. The molecule has 1 aromatic heterocycles. The van der Waals surface area contributed by atoms with Crippen LogP contribution < -0.4 is 9.47 Å². The summed E-state index contributed by atoms with van der Waals surface area (Å²) in [6, 6.07) is 3.17. The van der Waals surface area contributed by atoms with E-state index in [4.69, 9.17) is 23.5 Å². The minimum absolute atomic E-state index is 0.111. The predicted octanol–water partition coefficient (Wildman–Crippen LogP) is 1.76. The Morgan fingerprint density at radius 2 is 1.81 bits per heavy atom. The van der Waals surface area contributed by atoms with E-state index in [1.807, 2.05) is 0 Å². The monoisotopic (exact) mass is 359 g/mol. The fraction of sp³-hybridized carbons (Fsp3) is 0.333. The highest BCUT2D eigenvalue weighted by atomic mass is 16.7. The van der Waals surface area contributed by atoms with Crippen molar-refractivity contribution in [2.75, 3.05) is 28.4 Å². The highest BCUT2D eigenvalue weighted by Gasteiger charge is 2.56. The summed E-state index contributed by atoms with van der Waals surface area (Å²) < 4.78 is 27.0. The van der Waals surface area contributed by atoms with Gasteiger partial charge in [0.25, 0.3) is 5.79 Å². The quantitative estimate of drug-likeness (QED) is 0.651. The van der Waals surface area contributed by atoms with Crippen LogP contribution in [-0.2, 0) is 20.9 Å². The molecule has 26 heavy (non-hydrogen) atoms. The van der Waals surface area contributed by atoms with Gasteiger partial charge in [0, 0.05) is 25.8 Å². The summed E-state index contributed by atoms with van der Waals surface area (Å²) in [7, 11) is 5.81. The largest absolute Gasteiger partial charge is 0.497 e. The van der Waals surface area contributed by atoms with E-state index in [2.05, 4.69) is 5.16 Å². The van der Waals surface area contributed by atoms with E-state index < -0.39 is 17.2 Å². The van der Waals surface area contributed by atoms with Crippen LogP contribution in [-0.4, -0.2) is 44.5 Å². The number of rotatable bonds is 4. The van der Waals surface area contributed by atoms with Crippen molar-refractivity contribution in [2.24, 2.45) is 0 Å². The van der Waals surface area contributed by atoms with Gasteiger partial charge in [-0.1, -0.05) is 5.16 Å². The van der Waals surface area contributed by atoms with Crippen LogP contribution in [0.2, 0.25) is 0 Å². The predicted molar refractivity (Wildman–Crippen MR) is 88.1 cm³/mol. The van der Waals surface area contributed by atoms with Gasteiger partial charge in [0.2, 0.25) is 11.5 Å². The second-order valence-electron chi connectivity index (χ2n) is 5.99. The first-order chi connectivity index (χ1) is 12.5. The summed E-state index contributed by atoms with van der Waals surface area (Å²) in [6.45, 7) is 0. The van der Waals surface area contributed by atoms with Crippen molar-refractivity contribution in [3.8, 4) is 22.8 Å². The van der Waals surface area contributed by atoms with Crippen LogP contribution in [0.1, 0.15) is 21.7 Å². The second-order valence-corrected chi connectivity index (χ2v) is 5.99. The molecule has 1 atom stereocenters. The zero-order valence-electron chi connectivity index (χ0n) is 14.7. The summed E-state index contributed by atoms with van der Waals surface area (Å²) in [4.78, 5) is 13.2. The minimum atomic E-state index is -1.95. The average molecular weight is 359 g/mol. The lowest BCUT2D eigenvalue weighted by Crippen LogP contribution is -2.44. The van der Waals surface area contributed by atoms with Crippen molar-refractivity contribution in [1.29, 1.82) is 0 Å². The van der Waals surface area contributed by atoms with Gasteiger partial charge in [0.15, 0.2) is 5.60 Å². The second kappa shape index (κ2) is 5.41. The molecule has 136 valence electrons. The molecule has 1 aromatic carbocycles. The molecule has 0 fully saturated rings. The van der Waals surface area contributed by atoms with Crippen LogP contribution in [0.5, 0.6) is 11.5 Å². The topological polar surface area (TPSA) is 100 Å². The first-order valence-corrected chi connectivity index (χ1v) is 7.80. The molecular weight excluding hydrogens is 342 g/mol. The number of nitrogens with zero attached hydrogens (tertiary/aromatic N) is 1. The molecule has 0 aliphatic heterocycles. The van der Waals surface area contributed by atoms with E-state index in [1.54, 1.807) is 6.07 Å². The highest BCUT2D eigenvalue weighted by Crippen LogP contribution is 2.53. The molecule has 0 amide bonds. The third-order valence-electron chi connectivity index (χ3n) is 4.90. The van der Waals surface area contributed by atoms with Crippen LogP contribution in [0, 0.1) is 0 Å². The van der Waals surface area contributed by atoms with Crippen molar-refractivity contribution >= 4 is 5.78 Å². The molecule has 0 unspecified atom stereocenters. The SMILES string of the molecule is COc1cc(OC)c2c(c1)C(=O)[C@@]1(O)C=CC(OC)(OC)c3onc-2c31. The molecule has 0 spiro atoms. The molecule has 4 rings (SSSR count). The molecule has 0 bridgehead atoms. The normalized spacial score (nSPS) is 22.0. The van der Waals surface area contributed by atoms with Crippen LogP contribution in [0.25, 0.3) is 11.3 Å². The lowest BCUT2D eigenvalue weighted by Gasteiger charge is -2.37. The maximum Gasteiger partial charge on any atom is 0.251 e. The number of benzene rings is 1. The van der Waals surface area contributed by atoms with Crippen molar-refractivity contribution < 1.29 is 33.4 Å². The first-order valence-electron chi connectivity index (χ1n) is 7.80. The minimum Gasteiger partial charge on any atom is -0.497 e. The maximum absolute atomic E-state index is 13.2. The van der Waals surface area contributed by atoms with Gasteiger partial charge in [-0.25, -0.2) is 0 Å². The van der Waals surface area contributed by atoms with Gasteiger partial charge in [-0.3, -0.25) is 4.79 Å². The summed E-state index contributed by atoms with van der Waals surface area (Å²) in [5.74, 6) is -1.02. The van der Waals surface area contributed by atoms with Crippen molar-refractivity contribution in [3.63, 3.8) is 0 Å². The summed E-state index contributed by atoms with van der Waals surface area (Å²) >= 11 is 0. The molecule has 8 nitrogen and oxygen atoms in total. The highest BCUT2D eigenvalue weighted by molar-refractivity contribution is 6.14. The Bertz CT molecular complexity index is 941. The van der Waals surface area contributed by atoms with E-state index in [-0.39, 0.29) is 16.9 Å². The number of carbonyl (C=O) groups excluding carboxylic acids is 1. The van der Waals surface area contributed by atoms with E-state index in [9.17, 15) is 9.90 Å². The number of ether oxygens (including phenoxy) is 4. The van der Waals surface area contributed by atoms with E-state index >= 15 is 0 Å². The molecular formula is C18H17NO7. The fourth-order valence-electron chi connectivity index (χ4n) is 3.53. The molecule has 0 radical (unpaired) electrons. The van der Waals surface area contributed by atoms with Gasteiger partial charge in [0.05, 0.1) is 25.3 Å². The molecule has 8 heteroatoms. The third-order valence-corrected chi connectivity index (χ3v) is 4.90. The smallest absolute Gasteiger partial charge is 0.251 e. The number of hydrogen-bond donors (Lipinski definition) is 1. The molecule has 2 aromatic rings. The summed E-state index contributed by atoms with van der Waals surface area (Å²) in [5.41, 5.74) is -0.827. The van der Waals surface area contributed by atoms with Gasteiger partial charge >= 0.3 is 0 Å². The van der Waals surface area contributed by atoms with Crippen LogP contribution in [0.4, 0.5) is 0 Å². The summed E-state index contributed by atoms with van der Waals surface area (Å²) in [6.07, 6.45) is 2.77.